The molecule has 7 heteroatoms. The number of nitrogen functional groups attached to an aromatic ring is 1. The van der Waals surface area contributed by atoms with E-state index in [0.717, 1.165) is 0 Å². The van der Waals surface area contributed by atoms with E-state index < -0.39 is 5.60 Å². The summed E-state index contributed by atoms with van der Waals surface area (Å²) >= 11 is 11.8. The normalized spacial score (nSPS) is 11.8. The van der Waals surface area contributed by atoms with Crippen LogP contribution in [0.2, 0.25) is 10.0 Å². The Morgan fingerprint density at radius 3 is 2.52 bits per heavy atom. The van der Waals surface area contributed by atoms with Crippen LogP contribution in [-0.2, 0) is 4.79 Å². The Bertz CT molecular complexity index is 492. The fraction of sp³-hybridized carbons (Fsp3) is 0.500. The van der Waals surface area contributed by atoms with E-state index in [2.05, 4.69) is 5.32 Å². The predicted molar refractivity (Wildman–Crippen MR) is 87.9 cm³/mol. The highest BCUT2D eigenvalue weighted by Crippen LogP contribution is 2.31. The molecule has 0 unspecified atom stereocenters. The van der Waals surface area contributed by atoms with E-state index in [1.807, 2.05) is 11.8 Å². The number of carbonyl (C=O) groups is 1. The molecule has 5 nitrogen and oxygen atoms in total. The van der Waals surface area contributed by atoms with Crippen molar-refractivity contribution in [3.8, 4) is 0 Å². The highest BCUT2D eigenvalue weighted by Gasteiger charge is 2.20. The van der Waals surface area contributed by atoms with E-state index in [0.29, 0.717) is 34.5 Å². The lowest BCUT2D eigenvalue weighted by atomic mass is 10.1. The maximum Gasteiger partial charge on any atom is 0.238 e. The number of hydrogen-bond acceptors (Lipinski definition) is 4. The van der Waals surface area contributed by atoms with Crippen molar-refractivity contribution in [2.45, 2.75) is 26.4 Å². The predicted octanol–water partition coefficient (Wildman–Crippen LogP) is 2.61. The number of likely N-dealkylation sites (N-methyl/N-ethyl adjacent to an activating group) is 1. The van der Waals surface area contributed by atoms with Crippen LogP contribution >= 0.6 is 23.2 Å². The molecule has 1 amide bonds. The van der Waals surface area contributed by atoms with Crippen molar-refractivity contribution in [2.24, 2.45) is 0 Å². The van der Waals surface area contributed by atoms with Crippen molar-refractivity contribution in [2.75, 3.05) is 30.7 Å². The van der Waals surface area contributed by atoms with E-state index in [4.69, 9.17) is 28.9 Å². The molecule has 0 aliphatic rings. The number of rotatable bonds is 6. The number of amides is 1. The second kappa shape index (κ2) is 7.31. The van der Waals surface area contributed by atoms with Gasteiger partial charge in [0.05, 0.1) is 28.5 Å². The van der Waals surface area contributed by atoms with Crippen LogP contribution in [0.5, 0.6) is 0 Å². The summed E-state index contributed by atoms with van der Waals surface area (Å²) < 4.78 is 0. The molecule has 0 fully saturated rings. The second-order valence-electron chi connectivity index (χ2n) is 5.52. The quantitative estimate of drug-likeness (QED) is 0.699. The molecule has 1 aromatic rings. The lowest BCUT2D eigenvalue weighted by Crippen LogP contribution is -2.42. The Morgan fingerprint density at radius 2 is 2.05 bits per heavy atom. The number of aliphatic hydroxyl groups is 1. The van der Waals surface area contributed by atoms with E-state index in [-0.39, 0.29) is 12.5 Å². The molecule has 0 aliphatic heterocycles. The average Bonchev–Trinajstić information content (AvgIpc) is 2.31. The Balaban J connectivity index is 2.73. The van der Waals surface area contributed by atoms with Gasteiger partial charge in [-0.1, -0.05) is 30.1 Å². The molecule has 0 aromatic heterocycles. The lowest BCUT2D eigenvalue weighted by Gasteiger charge is -2.27. The molecule has 0 saturated heterocycles. The molecule has 21 heavy (non-hydrogen) atoms. The monoisotopic (exact) mass is 333 g/mol. The van der Waals surface area contributed by atoms with Crippen molar-refractivity contribution < 1.29 is 9.90 Å². The zero-order valence-corrected chi connectivity index (χ0v) is 13.9. The van der Waals surface area contributed by atoms with Gasteiger partial charge in [-0.3, -0.25) is 9.69 Å². The number of halogens is 2. The third-order valence-electron chi connectivity index (χ3n) is 2.77. The first-order chi connectivity index (χ1) is 9.62. The van der Waals surface area contributed by atoms with Crippen LogP contribution in [0.4, 0.5) is 11.4 Å². The summed E-state index contributed by atoms with van der Waals surface area (Å²) in [5, 5.41) is 13.2. The molecule has 0 saturated carbocycles. The van der Waals surface area contributed by atoms with Gasteiger partial charge in [-0.05, 0) is 32.5 Å². The third kappa shape index (κ3) is 6.09. The molecule has 0 spiro atoms. The highest BCUT2D eigenvalue weighted by atomic mass is 35.5. The van der Waals surface area contributed by atoms with Crippen LogP contribution in [0.15, 0.2) is 12.1 Å². The van der Waals surface area contributed by atoms with E-state index in [9.17, 15) is 9.90 Å². The van der Waals surface area contributed by atoms with Crippen molar-refractivity contribution in [3.05, 3.63) is 22.2 Å². The summed E-state index contributed by atoms with van der Waals surface area (Å²) in [5.41, 5.74) is 5.59. The Kier molecular flexibility index (Phi) is 6.28. The van der Waals surface area contributed by atoms with Crippen LogP contribution in [-0.4, -0.2) is 41.1 Å². The first-order valence-corrected chi connectivity index (χ1v) is 7.37. The summed E-state index contributed by atoms with van der Waals surface area (Å²) in [6.07, 6.45) is 0. The number of anilines is 2. The smallest absolute Gasteiger partial charge is 0.238 e. The molecular weight excluding hydrogens is 313 g/mol. The van der Waals surface area contributed by atoms with Crippen LogP contribution in [0.1, 0.15) is 20.8 Å². The lowest BCUT2D eigenvalue weighted by molar-refractivity contribution is -0.117. The number of nitrogens with zero attached hydrogens (tertiary/aromatic N) is 1. The van der Waals surface area contributed by atoms with E-state index >= 15 is 0 Å². The summed E-state index contributed by atoms with van der Waals surface area (Å²) in [6.45, 7) is 6.48. The number of nitrogens with two attached hydrogens (primary N) is 1. The van der Waals surface area contributed by atoms with E-state index in [1.54, 1.807) is 13.8 Å². The summed E-state index contributed by atoms with van der Waals surface area (Å²) in [4.78, 5) is 13.9. The first kappa shape index (κ1) is 18.0. The molecule has 0 atom stereocenters. The molecule has 1 rings (SSSR count). The molecule has 0 heterocycles. The Labute approximate surface area is 135 Å². The van der Waals surface area contributed by atoms with Crippen molar-refractivity contribution in [1.29, 1.82) is 0 Å². The van der Waals surface area contributed by atoms with Gasteiger partial charge in [-0.15, -0.1) is 0 Å². The van der Waals surface area contributed by atoms with E-state index in [1.165, 1.54) is 12.1 Å². The van der Waals surface area contributed by atoms with Gasteiger partial charge in [0, 0.05) is 11.6 Å². The van der Waals surface area contributed by atoms with Crippen LogP contribution in [0.3, 0.4) is 0 Å². The summed E-state index contributed by atoms with van der Waals surface area (Å²) in [6, 6.07) is 3.04. The van der Waals surface area contributed by atoms with Gasteiger partial charge < -0.3 is 16.2 Å². The van der Waals surface area contributed by atoms with Crippen molar-refractivity contribution in [1.82, 2.24) is 4.90 Å². The molecule has 4 N–H and O–H groups in total. The molecule has 0 radical (unpaired) electrons. The molecule has 118 valence electrons. The summed E-state index contributed by atoms with van der Waals surface area (Å²) in [7, 11) is 0. The largest absolute Gasteiger partial charge is 0.397 e. The fourth-order valence-corrected chi connectivity index (χ4v) is 2.49. The highest BCUT2D eigenvalue weighted by molar-refractivity contribution is 6.37. The van der Waals surface area contributed by atoms with Crippen LogP contribution in [0.25, 0.3) is 0 Å². The number of nitrogens with one attached hydrogen (secondary N) is 1. The minimum absolute atomic E-state index is 0.138. The number of carbonyl (C=O) groups excluding carboxylic acids is 1. The zero-order chi connectivity index (χ0) is 16.2. The van der Waals surface area contributed by atoms with Crippen LogP contribution < -0.4 is 11.1 Å². The van der Waals surface area contributed by atoms with Gasteiger partial charge in [0.1, 0.15) is 0 Å². The van der Waals surface area contributed by atoms with Gasteiger partial charge in [0.2, 0.25) is 5.91 Å². The minimum Gasteiger partial charge on any atom is -0.397 e. The van der Waals surface area contributed by atoms with Gasteiger partial charge in [0.15, 0.2) is 0 Å². The number of benzene rings is 1. The Morgan fingerprint density at radius 1 is 1.43 bits per heavy atom. The van der Waals surface area contributed by atoms with Gasteiger partial charge in [-0.25, -0.2) is 0 Å². The van der Waals surface area contributed by atoms with Crippen LogP contribution in [0, 0.1) is 0 Å². The van der Waals surface area contributed by atoms with Crippen molar-refractivity contribution in [3.63, 3.8) is 0 Å². The average molecular weight is 334 g/mol. The van der Waals surface area contributed by atoms with Gasteiger partial charge in [-0.2, -0.15) is 0 Å². The Hall–Kier alpha value is -1.01. The SMILES string of the molecule is CCN(CC(=O)Nc1c(N)cc(Cl)cc1Cl)CC(C)(C)O. The summed E-state index contributed by atoms with van der Waals surface area (Å²) in [5.74, 6) is -0.253. The van der Waals surface area contributed by atoms with Crippen molar-refractivity contribution >= 4 is 40.5 Å². The molecular formula is C14H21Cl2N3O2. The maximum atomic E-state index is 12.1. The van der Waals surface area contributed by atoms with Gasteiger partial charge in [0.25, 0.3) is 0 Å². The molecule has 0 bridgehead atoms. The topological polar surface area (TPSA) is 78.6 Å². The zero-order valence-electron chi connectivity index (χ0n) is 12.4. The standard InChI is InChI=1S/C14H21Cl2N3O2/c1-4-19(8-14(2,3)21)7-12(20)18-13-10(16)5-9(15)6-11(13)17/h5-6,21H,4,7-8,17H2,1-3H3,(H,18,20). The molecule has 0 aliphatic carbocycles. The molecule has 1 aromatic carbocycles. The maximum absolute atomic E-state index is 12.1. The fourth-order valence-electron chi connectivity index (χ4n) is 1.93. The number of hydrogen-bond donors (Lipinski definition) is 3. The minimum atomic E-state index is -0.868. The first-order valence-electron chi connectivity index (χ1n) is 6.61. The third-order valence-corrected chi connectivity index (χ3v) is 3.29. The van der Waals surface area contributed by atoms with Gasteiger partial charge >= 0.3 is 0 Å². The second-order valence-corrected chi connectivity index (χ2v) is 6.36.